The van der Waals surface area contributed by atoms with Crippen LogP contribution in [0.5, 0.6) is 5.88 Å². The number of hydrogen-bond donors (Lipinski definition) is 3. The highest BCUT2D eigenvalue weighted by atomic mass is 35.5. The summed E-state index contributed by atoms with van der Waals surface area (Å²) >= 11 is 14.2. The lowest BCUT2D eigenvalue weighted by Gasteiger charge is -2.44. The molecule has 5 aromatic rings. The quantitative estimate of drug-likeness (QED) is 0.192. The molecule has 13 heteroatoms. The molecule has 2 aliphatic heterocycles. The molecule has 1 atom stereocenters. The number of rotatable bonds is 10. The van der Waals surface area contributed by atoms with Crippen molar-refractivity contribution in [2.45, 2.75) is 44.5 Å². The van der Waals surface area contributed by atoms with E-state index in [1.165, 1.54) is 0 Å². The summed E-state index contributed by atoms with van der Waals surface area (Å²) < 4.78 is 8.80. The van der Waals surface area contributed by atoms with E-state index in [1.807, 2.05) is 59.6 Å². The largest absolute Gasteiger partial charge is 0.481 e. The Kier molecular flexibility index (Phi) is 8.97. The molecule has 49 heavy (non-hydrogen) atoms. The van der Waals surface area contributed by atoms with Crippen LogP contribution >= 0.6 is 23.2 Å². The molecule has 0 spiro atoms. The number of carbonyl (C=O) groups is 1. The molecule has 0 saturated carbocycles. The predicted octanol–water partition coefficient (Wildman–Crippen LogP) is 4.68. The number of hydrogen-bond acceptors (Lipinski definition) is 8. The maximum absolute atomic E-state index is 13.3. The van der Waals surface area contributed by atoms with Gasteiger partial charge in [-0.3, -0.25) is 19.1 Å². The normalized spacial score (nSPS) is 17.3. The predicted molar refractivity (Wildman–Crippen MR) is 190 cm³/mol. The Balaban J connectivity index is 1.16. The molecule has 11 nitrogen and oxygen atoms in total. The smallest absolute Gasteiger partial charge is 0.277 e. The first kappa shape index (κ1) is 33.2. The monoisotopic (exact) mass is 701 g/mol. The van der Waals surface area contributed by atoms with Gasteiger partial charge in [-0.1, -0.05) is 65.7 Å². The van der Waals surface area contributed by atoms with Crippen molar-refractivity contribution in [3.63, 3.8) is 0 Å². The van der Waals surface area contributed by atoms with Crippen molar-refractivity contribution < 1.29 is 14.6 Å². The van der Waals surface area contributed by atoms with Gasteiger partial charge in [-0.2, -0.15) is 5.10 Å². The van der Waals surface area contributed by atoms with Gasteiger partial charge in [0, 0.05) is 85.3 Å². The number of ether oxygens (including phenoxy) is 1. The molecule has 3 N–H and O–H groups in total. The lowest BCUT2D eigenvalue weighted by molar-refractivity contribution is -0.119. The van der Waals surface area contributed by atoms with Crippen LogP contribution in [-0.4, -0.2) is 73.5 Å². The minimum absolute atomic E-state index is 0.0924. The van der Waals surface area contributed by atoms with Crippen LogP contribution in [-0.2, 0) is 24.9 Å². The van der Waals surface area contributed by atoms with Crippen molar-refractivity contribution in [3.8, 4) is 39.4 Å². The molecular weight excluding hydrogens is 665 g/mol. The number of likely N-dealkylation sites (tertiary alicyclic amines) is 1. The van der Waals surface area contributed by atoms with E-state index >= 15 is 0 Å². The lowest BCUT2D eigenvalue weighted by atomic mass is 9.97. The number of carbonyl (C=O) groups excluding carboxylic acids is 1. The fraction of sp³-hybridized carbons (Fsp3) is 0.333. The van der Waals surface area contributed by atoms with Crippen LogP contribution in [0.3, 0.4) is 0 Å². The van der Waals surface area contributed by atoms with Gasteiger partial charge in [0.15, 0.2) is 0 Å². The number of aliphatic hydroxyl groups is 1. The first-order valence-corrected chi connectivity index (χ1v) is 16.9. The van der Waals surface area contributed by atoms with E-state index in [9.17, 15) is 14.7 Å². The average Bonchev–Trinajstić information content (AvgIpc) is 3.69. The first-order chi connectivity index (χ1) is 23.5. The van der Waals surface area contributed by atoms with Crippen LogP contribution in [0.15, 0.2) is 65.6 Å². The number of amides is 1. The zero-order valence-corrected chi connectivity index (χ0v) is 29.0. The summed E-state index contributed by atoms with van der Waals surface area (Å²) in [6.45, 7) is 4.52. The van der Waals surface area contributed by atoms with Crippen molar-refractivity contribution in [1.29, 1.82) is 0 Å². The summed E-state index contributed by atoms with van der Waals surface area (Å²) in [5.41, 5.74) is 4.79. The Hall–Kier alpha value is -4.26. The van der Waals surface area contributed by atoms with Gasteiger partial charge in [0.2, 0.25) is 11.8 Å². The molecular formula is C36H37Cl2N7O4. The van der Waals surface area contributed by atoms with E-state index in [4.69, 9.17) is 38.0 Å². The van der Waals surface area contributed by atoms with E-state index in [0.717, 1.165) is 39.8 Å². The molecule has 5 heterocycles. The van der Waals surface area contributed by atoms with Crippen LogP contribution in [0.1, 0.15) is 31.2 Å². The number of pyridine rings is 1. The van der Waals surface area contributed by atoms with Gasteiger partial charge < -0.3 is 20.5 Å². The minimum atomic E-state index is -0.712. The van der Waals surface area contributed by atoms with Crippen molar-refractivity contribution >= 4 is 34.6 Å². The van der Waals surface area contributed by atoms with Crippen LogP contribution in [0.4, 0.5) is 0 Å². The second-order valence-electron chi connectivity index (χ2n) is 13.1. The molecule has 1 amide bonds. The fourth-order valence-corrected chi connectivity index (χ4v) is 7.39. The van der Waals surface area contributed by atoms with E-state index in [1.54, 1.807) is 36.2 Å². The highest BCUT2D eigenvalue weighted by Crippen LogP contribution is 2.42. The molecule has 2 fully saturated rings. The van der Waals surface area contributed by atoms with Gasteiger partial charge in [0.1, 0.15) is 11.3 Å². The molecule has 0 radical (unpaired) electrons. The zero-order valence-electron chi connectivity index (χ0n) is 27.5. The van der Waals surface area contributed by atoms with Gasteiger partial charge in [0.25, 0.3) is 5.56 Å². The molecule has 0 bridgehead atoms. The topological polar surface area (TPSA) is 126 Å². The van der Waals surface area contributed by atoms with Gasteiger partial charge in [-0.25, -0.2) is 9.50 Å². The Morgan fingerprint density at radius 1 is 1.04 bits per heavy atom. The highest BCUT2D eigenvalue weighted by molar-refractivity contribution is 6.39. The Labute approximate surface area is 293 Å². The van der Waals surface area contributed by atoms with Gasteiger partial charge in [0.05, 0.1) is 35.0 Å². The third-order valence-corrected chi connectivity index (χ3v) is 10.0. The average molecular weight is 703 g/mol. The van der Waals surface area contributed by atoms with Crippen molar-refractivity contribution in [2.75, 3.05) is 26.7 Å². The van der Waals surface area contributed by atoms with Gasteiger partial charge >= 0.3 is 0 Å². The second kappa shape index (κ2) is 13.2. The minimum Gasteiger partial charge on any atom is -0.481 e. The van der Waals surface area contributed by atoms with Crippen LogP contribution in [0.2, 0.25) is 10.0 Å². The van der Waals surface area contributed by atoms with Crippen LogP contribution < -0.4 is 20.9 Å². The van der Waals surface area contributed by atoms with E-state index in [0.29, 0.717) is 72.1 Å². The SMILES string of the molecule is COc1nc(-c2cccc(-c3cccc(-c4cc5c(=O)n(C)c(CN6CC(C)(O)C6)nn5c4)c3Cl)c2Cl)ccc1CNCC1CCC(=O)N1. The summed E-state index contributed by atoms with van der Waals surface area (Å²) in [6.07, 6.45) is 3.20. The number of aromatic nitrogens is 4. The number of halogens is 2. The summed E-state index contributed by atoms with van der Waals surface area (Å²) in [5.74, 6) is 1.18. The lowest BCUT2D eigenvalue weighted by Crippen LogP contribution is -2.59. The van der Waals surface area contributed by atoms with Gasteiger partial charge in [-0.15, -0.1) is 0 Å². The standard InChI is InChI=1S/C36H37Cl2N7O4/c1-36(48)19-44(20-36)18-30-42-45-17-22(14-29(45)35(47)43(30)2)24-6-4-7-25(32(24)37)26-8-5-9-27(33(26)38)28-12-10-21(34(41-28)49-3)15-39-16-23-11-13-31(46)40-23/h4-10,12,14,17,23,39,48H,11,13,15-16,18-20H2,1-3H3,(H,40,46). The van der Waals surface area contributed by atoms with Crippen molar-refractivity contribution in [1.82, 2.24) is 34.7 Å². The molecule has 2 aromatic carbocycles. The second-order valence-corrected chi connectivity index (χ2v) is 13.9. The van der Waals surface area contributed by atoms with E-state index in [-0.39, 0.29) is 17.5 Å². The molecule has 2 aliphatic rings. The van der Waals surface area contributed by atoms with E-state index < -0.39 is 5.60 Å². The van der Waals surface area contributed by atoms with Crippen molar-refractivity contribution in [3.05, 3.63) is 92.6 Å². The van der Waals surface area contributed by atoms with E-state index in [2.05, 4.69) is 10.6 Å². The zero-order chi connectivity index (χ0) is 34.4. The number of methoxy groups -OCH3 is 1. The Morgan fingerprint density at radius 2 is 1.73 bits per heavy atom. The number of nitrogens with zero attached hydrogens (tertiary/aromatic N) is 5. The molecule has 254 valence electrons. The fourth-order valence-electron chi connectivity index (χ4n) is 6.73. The molecule has 1 unspecified atom stereocenters. The third-order valence-electron chi connectivity index (χ3n) is 9.23. The summed E-state index contributed by atoms with van der Waals surface area (Å²) in [6, 6.07) is 17.3. The number of fused-ring (bicyclic) bond motifs is 1. The maximum atomic E-state index is 13.3. The summed E-state index contributed by atoms with van der Waals surface area (Å²) in [4.78, 5) is 31.7. The number of benzene rings is 2. The van der Waals surface area contributed by atoms with Crippen LogP contribution in [0.25, 0.3) is 39.0 Å². The summed E-state index contributed by atoms with van der Waals surface area (Å²) in [5, 5.41) is 22.2. The third kappa shape index (κ3) is 6.56. The van der Waals surface area contributed by atoms with Gasteiger partial charge in [-0.05, 0) is 25.5 Å². The number of β-amino-alcohol motifs (C(OH)–C–C–N with tert-alkyl or cyclic N) is 1. The highest BCUT2D eigenvalue weighted by Gasteiger charge is 2.37. The summed E-state index contributed by atoms with van der Waals surface area (Å²) in [7, 11) is 3.30. The molecule has 3 aromatic heterocycles. The molecule has 7 rings (SSSR count). The van der Waals surface area contributed by atoms with Crippen LogP contribution in [0, 0.1) is 0 Å². The van der Waals surface area contributed by atoms with Crippen molar-refractivity contribution in [2.24, 2.45) is 7.05 Å². The number of nitrogens with one attached hydrogen (secondary N) is 2. The first-order valence-electron chi connectivity index (χ1n) is 16.2. The Morgan fingerprint density at radius 3 is 2.41 bits per heavy atom. The Bertz CT molecular complexity index is 2140. The molecule has 0 aliphatic carbocycles. The molecule has 2 saturated heterocycles. The maximum Gasteiger partial charge on any atom is 0.277 e.